The Hall–Kier alpha value is -1.80. The highest BCUT2D eigenvalue weighted by Crippen LogP contribution is 2.22. The molecule has 6 nitrogen and oxygen atoms in total. The minimum atomic E-state index is -0.392. The molecule has 0 radical (unpaired) electrons. The van der Waals surface area contributed by atoms with Crippen LogP contribution in [0.3, 0.4) is 0 Å². The second-order valence-electron chi connectivity index (χ2n) is 4.61. The molecule has 0 aliphatic carbocycles. The molecule has 8 heteroatoms. The Morgan fingerprint density at radius 2 is 2.05 bits per heavy atom. The Balaban J connectivity index is 2.00. The van der Waals surface area contributed by atoms with E-state index in [1.165, 1.54) is 29.6 Å². The van der Waals surface area contributed by atoms with Crippen molar-refractivity contribution in [1.29, 1.82) is 0 Å². The second kappa shape index (κ2) is 6.97. The van der Waals surface area contributed by atoms with Crippen LogP contribution in [0.15, 0.2) is 5.38 Å². The molecule has 2 heterocycles. The number of hydrogen-bond acceptors (Lipinski definition) is 7. The van der Waals surface area contributed by atoms with Gasteiger partial charge in [-0.1, -0.05) is 0 Å². The first-order valence-electron chi connectivity index (χ1n) is 6.76. The number of carbonyl (C=O) groups is 2. The van der Waals surface area contributed by atoms with Crippen molar-refractivity contribution in [2.75, 3.05) is 11.4 Å². The third kappa shape index (κ3) is 3.69. The van der Waals surface area contributed by atoms with Crippen LogP contribution < -0.4 is 4.90 Å². The maximum Gasteiger partial charge on any atom is 0.350 e. The van der Waals surface area contributed by atoms with Gasteiger partial charge in [-0.2, -0.15) is 0 Å². The summed E-state index contributed by atoms with van der Waals surface area (Å²) >= 11 is 2.68. The van der Waals surface area contributed by atoms with Crippen LogP contribution in [0, 0.1) is 13.8 Å². The molecule has 0 unspecified atom stereocenters. The zero-order valence-corrected chi connectivity index (χ0v) is 14.5. The topological polar surface area (TPSA) is 72.4 Å². The number of carbonyl (C=O) groups excluding carboxylic acids is 2. The smallest absolute Gasteiger partial charge is 0.350 e. The third-order valence-corrected chi connectivity index (χ3v) is 4.87. The van der Waals surface area contributed by atoms with Crippen LogP contribution in [0.5, 0.6) is 0 Å². The quantitative estimate of drug-likeness (QED) is 0.783. The number of rotatable bonds is 5. The number of esters is 1. The highest BCUT2D eigenvalue weighted by atomic mass is 32.1. The van der Waals surface area contributed by atoms with Gasteiger partial charge in [0.05, 0.1) is 16.4 Å². The number of ether oxygens (including phenoxy) is 1. The molecule has 2 aromatic heterocycles. The van der Waals surface area contributed by atoms with Crippen LogP contribution in [-0.4, -0.2) is 28.4 Å². The summed E-state index contributed by atoms with van der Waals surface area (Å²) in [5.74, 6) is -0.451. The summed E-state index contributed by atoms with van der Waals surface area (Å²) < 4.78 is 5.27. The molecule has 0 aromatic carbocycles. The van der Waals surface area contributed by atoms with E-state index in [2.05, 4.69) is 9.97 Å². The SMILES string of the molecule is CCN(C(C)=O)c1nc(COC(=O)c2sc(C)nc2C)cs1. The van der Waals surface area contributed by atoms with E-state index >= 15 is 0 Å². The van der Waals surface area contributed by atoms with E-state index in [9.17, 15) is 9.59 Å². The number of thiazole rings is 2. The Morgan fingerprint density at radius 3 is 2.59 bits per heavy atom. The van der Waals surface area contributed by atoms with Crippen molar-refractivity contribution in [1.82, 2.24) is 9.97 Å². The minimum Gasteiger partial charge on any atom is -0.455 e. The summed E-state index contributed by atoms with van der Waals surface area (Å²) in [5.41, 5.74) is 1.31. The van der Waals surface area contributed by atoms with Gasteiger partial charge in [-0.3, -0.25) is 9.69 Å². The molecule has 0 aliphatic heterocycles. The minimum absolute atomic E-state index is 0.0591. The van der Waals surface area contributed by atoms with Crippen molar-refractivity contribution in [3.63, 3.8) is 0 Å². The standard InChI is InChI=1S/C14H17N3O3S2/c1-5-17(10(4)18)14-16-11(7-21-14)6-20-13(19)12-8(2)15-9(3)22-12/h7H,5-6H2,1-4H3. The van der Waals surface area contributed by atoms with Gasteiger partial charge in [0.25, 0.3) is 0 Å². The van der Waals surface area contributed by atoms with E-state index in [-0.39, 0.29) is 12.5 Å². The molecule has 0 saturated carbocycles. The monoisotopic (exact) mass is 339 g/mol. The summed E-state index contributed by atoms with van der Waals surface area (Å²) in [6.45, 7) is 7.66. The molecule has 2 aromatic rings. The summed E-state index contributed by atoms with van der Waals surface area (Å²) in [6, 6.07) is 0. The van der Waals surface area contributed by atoms with Gasteiger partial charge >= 0.3 is 5.97 Å². The largest absolute Gasteiger partial charge is 0.455 e. The first-order chi connectivity index (χ1) is 10.4. The third-order valence-electron chi connectivity index (χ3n) is 2.91. The van der Waals surface area contributed by atoms with E-state index in [0.717, 1.165) is 5.01 Å². The van der Waals surface area contributed by atoms with Crippen molar-refractivity contribution >= 4 is 39.7 Å². The number of aromatic nitrogens is 2. The van der Waals surface area contributed by atoms with Gasteiger partial charge in [-0.15, -0.1) is 22.7 Å². The van der Waals surface area contributed by atoms with E-state index < -0.39 is 5.97 Å². The van der Waals surface area contributed by atoms with Gasteiger partial charge in [0.2, 0.25) is 5.91 Å². The average Bonchev–Trinajstić information content (AvgIpc) is 3.03. The van der Waals surface area contributed by atoms with Crippen molar-refractivity contribution in [3.8, 4) is 0 Å². The molecule has 0 N–H and O–H groups in total. The maximum atomic E-state index is 12.0. The van der Waals surface area contributed by atoms with Crippen LogP contribution in [-0.2, 0) is 16.1 Å². The maximum absolute atomic E-state index is 12.0. The molecule has 2 rings (SSSR count). The molecule has 0 aliphatic rings. The first kappa shape index (κ1) is 16.6. The molecule has 1 amide bonds. The highest BCUT2D eigenvalue weighted by molar-refractivity contribution is 7.14. The Bertz CT molecular complexity index is 693. The number of hydrogen-bond donors (Lipinski definition) is 0. The lowest BCUT2D eigenvalue weighted by Gasteiger charge is -2.14. The van der Waals surface area contributed by atoms with Crippen molar-refractivity contribution in [2.24, 2.45) is 0 Å². The van der Waals surface area contributed by atoms with E-state index in [4.69, 9.17) is 4.74 Å². The molecular weight excluding hydrogens is 322 g/mol. The molecule has 118 valence electrons. The molecule has 0 bridgehead atoms. The van der Waals surface area contributed by atoms with Crippen LogP contribution in [0.25, 0.3) is 0 Å². The lowest BCUT2D eigenvalue weighted by atomic mass is 10.4. The lowest BCUT2D eigenvalue weighted by Crippen LogP contribution is -2.27. The van der Waals surface area contributed by atoms with Crippen molar-refractivity contribution < 1.29 is 14.3 Å². The van der Waals surface area contributed by atoms with Crippen molar-refractivity contribution in [3.05, 3.63) is 26.7 Å². The fourth-order valence-corrected chi connectivity index (χ4v) is 3.64. The summed E-state index contributed by atoms with van der Waals surface area (Å²) in [5, 5.41) is 3.24. The highest BCUT2D eigenvalue weighted by Gasteiger charge is 2.17. The lowest BCUT2D eigenvalue weighted by molar-refractivity contribution is -0.116. The average molecular weight is 339 g/mol. The zero-order valence-electron chi connectivity index (χ0n) is 12.9. The van der Waals surface area contributed by atoms with Crippen LogP contribution in [0.4, 0.5) is 5.13 Å². The van der Waals surface area contributed by atoms with E-state index in [0.29, 0.717) is 27.9 Å². The number of nitrogens with zero attached hydrogens (tertiary/aromatic N) is 3. The first-order valence-corrected chi connectivity index (χ1v) is 8.45. The Kier molecular flexibility index (Phi) is 5.25. The van der Waals surface area contributed by atoms with Crippen molar-refractivity contribution in [2.45, 2.75) is 34.3 Å². The predicted octanol–water partition coefficient (Wildman–Crippen LogP) is 2.95. The number of aryl methyl sites for hydroxylation is 2. The normalized spacial score (nSPS) is 10.5. The molecule has 0 atom stereocenters. The van der Waals surface area contributed by atoms with E-state index in [1.807, 2.05) is 13.8 Å². The van der Waals surface area contributed by atoms with Gasteiger partial charge < -0.3 is 4.74 Å². The van der Waals surface area contributed by atoms with Gasteiger partial charge in [0, 0.05) is 18.8 Å². The molecule has 0 fully saturated rings. The fourth-order valence-electron chi connectivity index (χ4n) is 1.90. The zero-order chi connectivity index (χ0) is 16.3. The Morgan fingerprint density at radius 1 is 1.32 bits per heavy atom. The molecule has 22 heavy (non-hydrogen) atoms. The Labute approximate surface area is 136 Å². The van der Waals surface area contributed by atoms with Crippen LogP contribution in [0.1, 0.15) is 39.9 Å². The van der Waals surface area contributed by atoms with Crippen LogP contribution >= 0.6 is 22.7 Å². The van der Waals surface area contributed by atoms with Gasteiger partial charge in [-0.25, -0.2) is 14.8 Å². The van der Waals surface area contributed by atoms with Gasteiger partial charge in [0.15, 0.2) is 5.13 Å². The second-order valence-corrected chi connectivity index (χ2v) is 6.65. The molecular formula is C14H17N3O3S2. The molecule has 0 saturated heterocycles. The number of anilines is 1. The van der Waals surface area contributed by atoms with Gasteiger partial charge in [0.1, 0.15) is 11.5 Å². The summed E-state index contributed by atoms with van der Waals surface area (Å²) in [6.07, 6.45) is 0. The predicted molar refractivity (Wildman–Crippen MR) is 86.5 cm³/mol. The summed E-state index contributed by atoms with van der Waals surface area (Å²) in [7, 11) is 0. The van der Waals surface area contributed by atoms with E-state index in [1.54, 1.807) is 17.2 Å². The molecule has 0 spiro atoms. The number of amides is 1. The van der Waals surface area contributed by atoms with Crippen LogP contribution in [0.2, 0.25) is 0 Å². The van der Waals surface area contributed by atoms with Gasteiger partial charge in [-0.05, 0) is 20.8 Å². The summed E-state index contributed by atoms with van der Waals surface area (Å²) in [4.78, 5) is 34.1. The fraction of sp³-hybridized carbons (Fsp3) is 0.429.